The van der Waals surface area contributed by atoms with E-state index in [1.807, 2.05) is 24.3 Å². The maximum atomic E-state index is 13.1. The number of aliphatic hydroxyl groups is 1. The zero-order valence-corrected chi connectivity index (χ0v) is 13.1. The monoisotopic (exact) mass is 316 g/mol. The lowest BCUT2D eigenvalue weighted by molar-refractivity contribution is 0.0718. The van der Waals surface area contributed by atoms with Gasteiger partial charge in [-0.2, -0.15) is 0 Å². The molecule has 2 aromatic rings. The van der Waals surface area contributed by atoms with Crippen molar-refractivity contribution in [1.82, 2.24) is 0 Å². The lowest BCUT2D eigenvalue weighted by Gasteiger charge is -2.21. The van der Waals surface area contributed by atoms with E-state index in [-0.39, 0.29) is 30.4 Å². The fraction of sp³-hybridized carbons (Fsp3) is 0.368. The molecule has 1 aliphatic heterocycles. The minimum Gasteiger partial charge on any atom is -0.497 e. The Morgan fingerprint density at radius 2 is 1.83 bits per heavy atom. The van der Waals surface area contributed by atoms with Crippen molar-refractivity contribution >= 4 is 0 Å². The van der Waals surface area contributed by atoms with Crippen molar-refractivity contribution in [1.29, 1.82) is 0 Å². The normalized spacial score (nSPS) is 23.9. The third-order valence-electron chi connectivity index (χ3n) is 4.55. The average molecular weight is 316 g/mol. The quantitative estimate of drug-likeness (QED) is 0.919. The van der Waals surface area contributed by atoms with E-state index < -0.39 is 0 Å². The van der Waals surface area contributed by atoms with Gasteiger partial charge in [-0.3, -0.25) is 0 Å². The van der Waals surface area contributed by atoms with Gasteiger partial charge in [0.25, 0.3) is 0 Å². The topological polar surface area (TPSA) is 38.7 Å². The second-order valence-corrected chi connectivity index (χ2v) is 5.96. The van der Waals surface area contributed by atoms with Crippen LogP contribution in [0.5, 0.6) is 5.75 Å². The molecule has 1 heterocycles. The van der Waals surface area contributed by atoms with Crippen LogP contribution in [-0.4, -0.2) is 25.4 Å². The third kappa shape index (κ3) is 3.54. The van der Waals surface area contributed by atoms with Crippen LogP contribution in [0.1, 0.15) is 17.2 Å². The van der Waals surface area contributed by atoms with Crippen LogP contribution in [0.2, 0.25) is 0 Å². The second-order valence-electron chi connectivity index (χ2n) is 5.96. The number of halogens is 1. The van der Waals surface area contributed by atoms with Gasteiger partial charge in [0.1, 0.15) is 11.6 Å². The van der Waals surface area contributed by atoms with Gasteiger partial charge in [0.05, 0.1) is 19.8 Å². The van der Waals surface area contributed by atoms with Gasteiger partial charge < -0.3 is 14.6 Å². The molecule has 1 aliphatic rings. The molecule has 0 amide bonds. The number of aliphatic hydroxyl groups excluding tert-OH is 1. The molecule has 1 N–H and O–H groups in total. The molecule has 0 radical (unpaired) electrons. The lowest BCUT2D eigenvalue weighted by Crippen LogP contribution is -2.21. The number of rotatable bonds is 5. The number of benzene rings is 2. The second kappa shape index (κ2) is 7.11. The van der Waals surface area contributed by atoms with Crippen LogP contribution in [0.4, 0.5) is 4.39 Å². The van der Waals surface area contributed by atoms with Crippen molar-refractivity contribution in [3.05, 3.63) is 65.5 Å². The van der Waals surface area contributed by atoms with Gasteiger partial charge in [-0.25, -0.2) is 4.39 Å². The highest BCUT2D eigenvalue weighted by Crippen LogP contribution is 2.39. The highest BCUT2D eigenvalue weighted by atomic mass is 19.1. The molecule has 0 spiro atoms. The largest absolute Gasteiger partial charge is 0.497 e. The molecule has 0 bridgehead atoms. The molecule has 0 aliphatic carbocycles. The van der Waals surface area contributed by atoms with Crippen LogP contribution in [0.25, 0.3) is 0 Å². The molecule has 1 fully saturated rings. The van der Waals surface area contributed by atoms with Crippen LogP contribution < -0.4 is 4.74 Å². The highest BCUT2D eigenvalue weighted by molar-refractivity contribution is 5.28. The van der Waals surface area contributed by atoms with Crippen molar-refractivity contribution < 1.29 is 19.0 Å². The molecule has 0 aromatic heterocycles. The number of ether oxygens (including phenoxy) is 2. The summed E-state index contributed by atoms with van der Waals surface area (Å²) in [6.07, 6.45) is 0.663. The van der Waals surface area contributed by atoms with E-state index in [1.165, 1.54) is 17.7 Å². The van der Waals surface area contributed by atoms with Gasteiger partial charge in [0.15, 0.2) is 0 Å². The van der Waals surface area contributed by atoms with Crippen LogP contribution in [0.3, 0.4) is 0 Å². The molecule has 2 aromatic carbocycles. The third-order valence-corrected chi connectivity index (χ3v) is 4.55. The molecule has 3 rings (SSSR count). The zero-order valence-electron chi connectivity index (χ0n) is 13.1. The number of hydrogen-bond donors (Lipinski definition) is 1. The van der Waals surface area contributed by atoms with Gasteiger partial charge in [-0.1, -0.05) is 24.3 Å². The summed E-state index contributed by atoms with van der Waals surface area (Å²) in [6, 6.07) is 14.3. The molecule has 3 atom stereocenters. The predicted molar refractivity (Wildman–Crippen MR) is 85.9 cm³/mol. The summed E-state index contributed by atoms with van der Waals surface area (Å²) in [5.41, 5.74) is 2.11. The Bertz CT molecular complexity index is 624. The summed E-state index contributed by atoms with van der Waals surface area (Å²) in [6.45, 7) is 0.655. The summed E-state index contributed by atoms with van der Waals surface area (Å²) in [7, 11) is 1.65. The number of methoxy groups -OCH3 is 1. The minimum atomic E-state index is -0.262. The fourth-order valence-electron chi connectivity index (χ4n) is 3.24. The van der Waals surface area contributed by atoms with Gasteiger partial charge in [0.2, 0.25) is 0 Å². The minimum absolute atomic E-state index is 0.0163. The molecule has 122 valence electrons. The summed E-state index contributed by atoms with van der Waals surface area (Å²) in [4.78, 5) is 0. The van der Waals surface area contributed by atoms with Crippen LogP contribution in [-0.2, 0) is 11.2 Å². The molecule has 23 heavy (non-hydrogen) atoms. The van der Waals surface area contributed by atoms with Gasteiger partial charge in [-0.05, 0) is 47.7 Å². The molecule has 1 saturated heterocycles. The lowest BCUT2D eigenvalue weighted by atomic mass is 9.84. The first kappa shape index (κ1) is 16.0. The van der Waals surface area contributed by atoms with Gasteiger partial charge in [-0.15, -0.1) is 0 Å². The summed E-state index contributed by atoms with van der Waals surface area (Å²) < 4.78 is 24.2. The molecular formula is C19H21FO3. The smallest absolute Gasteiger partial charge is 0.123 e. The Kier molecular flexibility index (Phi) is 4.94. The summed E-state index contributed by atoms with van der Waals surface area (Å²) >= 11 is 0. The van der Waals surface area contributed by atoms with Gasteiger partial charge in [0, 0.05) is 12.5 Å². The Balaban J connectivity index is 1.72. The van der Waals surface area contributed by atoms with Crippen molar-refractivity contribution in [2.45, 2.75) is 12.5 Å². The molecule has 4 heteroatoms. The van der Waals surface area contributed by atoms with E-state index in [0.29, 0.717) is 6.61 Å². The van der Waals surface area contributed by atoms with Crippen LogP contribution >= 0.6 is 0 Å². The van der Waals surface area contributed by atoms with Crippen molar-refractivity contribution in [2.75, 3.05) is 20.3 Å². The van der Waals surface area contributed by atoms with Crippen LogP contribution in [0, 0.1) is 17.7 Å². The molecule has 0 unspecified atom stereocenters. The standard InChI is InChI=1S/C19H21FO3/c1-22-17-8-2-13(3-9-17)10-15-12-23-19(18(15)11-21)14-4-6-16(20)7-5-14/h2-9,15,18-19,21H,10-12H2,1H3/t15-,18-,19+/m0/s1. The fourth-order valence-corrected chi connectivity index (χ4v) is 3.24. The first-order valence-electron chi connectivity index (χ1n) is 7.82. The first-order valence-corrected chi connectivity index (χ1v) is 7.82. The first-order chi connectivity index (χ1) is 11.2. The maximum Gasteiger partial charge on any atom is 0.123 e. The average Bonchev–Trinajstić information content (AvgIpc) is 2.99. The molecule has 3 nitrogen and oxygen atoms in total. The summed E-state index contributed by atoms with van der Waals surface area (Å²) in [5, 5.41) is 9.81. The summed E-state index contributed by atoms with van der Waals surface area (Å²) in [5.74, 6) is 0.826. The van der Waals surface area contributed by atoms with E-state index >= 15 is 0 Å². The van der Waals surface area contributed by atoms with E-state index in [0.717, 1.165) is 17.7 Å². The molecular weight excluding hydrogens is 295 g/mol. The van der Waals surface area contributed by atoms with Crippen molar-refractivity contribution in [2.24, 2.45) is 11.8 Å². The Morgan fingerprint density at radius 1 is 1.13 bits per heavy atom. The SMILES string of the molecule is COc1ccc(C[C@H]2CO[C@H](c3ccc(F)cc3)[C@H]2CO)cc1. The van der Waals surface area contributed by atoms with E-state index in [9.17, 15) is 9.50 Å². The van der Waals surface area contributed by atoms with Crippen LogP contribution in [0.15, 0.2) is 48.5 Å². The molecule has 0 saturated carbocycles. The Morgan fingerprint density at radius 3 is 2.43 bits per heavy atom. The van der Waals surface area contributed by atoms with E-state index in [1.54, 1.807) is 19.2 Å². The van der Waals surface area contributed by atoms with E-state index in [2.05, 4.69) is 0 Å². The van der Waals surface area contributed by atoms with Gasteiger partial charge >= 0.3 is 0 Å². The number of hydrogen-bond acceptors (Lipinski definition) is 3. The van der Waals surface area contributed by atoms with Crippen molar-refractivity contribution in [3.63, 3.8) is 0 Å². The van der Waals surface area contributed by atoms with E-state index in [4.69, 9.17) is 9.47 Å². The zero-order chi connectivity index (χ0) is 16.2. The highest BCUT2D eigenvalue weighted by Gasteiger charge is 2.37. The Labute approximate surface area is 135 Å². The van der Waals surface area contributed by atoms with Crippen molar-refractivity contribution in [3.8, 4) is 5.75 Å². The Hall–Kier alpha value is -1.91. The predicted octanol–water partition coefficient (Wildman–Crippen LogP) is 3.37. The maximum absolute atomic E-state index is 13.1.